The zero-order valence-electron chi connectivity index (χ0n) is 17.5. The van der Waals surface area contributed by atoms with Crippen LogP contribution in [-0.4, -0.2) is 61.0 Å². The number of nitrogens with one attached hydrogen (secondary N) is 2. The molecule has 32 heavy (non-hydrogen) atoms. The van der Waals surface area contributed by atoms with Crippen molar-refractivity contribution in [3.8, 4) is 0 Å². The molecule has 0 aliphatic carbocycles. The van der Waals surface area contributed by atoms with E-state index in [1.165, 1.54) is 0 Å². The molecule has 174 valence electrons. The van der Waals surface area contributed by atoms with E-state index in [2.05, 4.69) is 20.6 Å². The summed E-state index contributed by atoms with van der Waals surface area (Å²) in [6.45, 7) is -1.56. The molecule has 2 aromatic rings. The van der Waals surface area contributed by atoms with Crippen molar-refractivity contribution < 1.29 is 26.4 Å². The van der Waals surface area contributed by atoms with Crippen molar-refractivity contribution in [1.82, 2.24) is 14.3 Å². The summed E-state index contributed by atoms with van der Waals surface area (Å²) in [5, 5.41) is 5.52. The molecule has 2 heterocycles. The third kappa shape index (κ3) is 5.46. The Morgan fingerprint density at radius 3 is 2.69 bits per heavy atom. The number of benzene rings is 1. The molecule has 0 saturated heterocycles. The van der Waals surface area contributed by atoms with Crippen molar-refractivity contribution in [2.24, 2.45) is 0 Å². The van der Waals surface area contributed by atoms with Crippen molar-refractivity contribution in [3.63, 3.8) is 0 Å². The zero-order valence-corrected chi connectivity index (χ0v) is 18.3. The Balaban J connectivity index is 1.79. The maximum Gasteiger partial charge on any atom is 0.316 e. The van der Waals surface area contributed by atoms with Crippen LogP contribution in [0.5, 0.6) is 0 Å². The third-order valence-corrected chi connectivity index (χ3v) is 6.25. The molecule has 0 atom stereocenters. The highest BCUT2D eigenvalue weighted by atomic mass is 32.2. The molecule has 0 unspecified atom stereocenters. The Morgan fingerprint density at radius 2 is 2.03 bits per heavy atom. The number of hydrogen-bond donors (Lipinski definition) is 2. The number of anilines is 4. The molecule has 1 aliphatic heterocycles. The Hall–Kier alpha value is -2.93. The number of sulfonamides is 1. The molecular formula is C19H23F3N6O3S. The van der Waals surface area contributed by atoms with Crippen LogP contribution in [-0.2, 0) is 21.2 Å². The maximum absolute atomic E-state index is 14.3. The van der Waals surface area contributed by atoms with Crippen LogP contribution >= 0.6 is 0 Å². The van der Waals surface area contributed by atoms with E-state index in [0.29, 0.717) is 16.3 Å². The highest BCUT2D eigenvalue weighted by Gasteiger charge is 2.25. The molecule has 0 radical (unpaired) electrons. The van der Waals surface area contributed by atoms with Crippen LogP contribution < -0.4 is 15.5 Å². The monoisotopic (exact) mass is 472 g/mol. The number of carbonyl (C=O) groups excluding carboxylic acids is 1. The highest BCUT2D eigenvalue weighted by molar-refractivity contribution is 7.88. The fourth-order valence-electron chi connectivity index (χ4n) is 3.37. The van der Waals surface area contributed by atoms with E-state index in [1.807, 2.05) is 0 Å². The Bertz CT molecular complexity index is 1100. The fraction of sp³-hybridized carbons (Fsp3) is 0.421. The van der Waals surface area contributed by atoms with Gasteiger partial charge >= 0.3 is 6.55 Å². The molecule has 2 N–H and O–H groups in total. The van der Waals surface area contributed by atoms with Crippen molar-refractivity contribution in [2.75, 3.05) is 41.4 Å². The number of aromatic nitrogens is 2. The van der Waals surface area contributed by atoms with Crippen LogP contribution in [0.25, 0.3) is 0 Å². The van der Waals surface area contributed by atoms with Gasteiger partial charge in [-0.05, 0) is 18.1 Å². The number of amides is 1. The summed E-state index contributed by atoms with van der Waals surface area (Å²) in [6, 6.07) is 5.12. The van der Waals surface area contributed by atoms with Gasteiger partial charge in [-0.1, -0.05) is 19.1 Å². The summed E-state index contributed by atoms with van der Waals surface area (Å²) in [5.41, 5.74) is 1.72. The van der Waals surface area contributed by atoms with Gasteiger partial charge < -0.3 is 10.6 Å². The lowest BCUT2D eigenvalue weighted by atomic mass is 10.1. The molecule has 0 saturated carbocycles. The second-order valence-electron chi connectivity index (χ2n) is 7.13. The first-order chi connectivity index (χ1) is 15.1. The van der Waals surface area contributed by atoms with Gasteiger partial charge in [0, 0.05) is 19.6 Å². The summed E-state index contributed by atoms with van der Waals surface area (Å²) in [6.07, 6.45) is 2.06. The normalized spacial score (nSPS) is 13.4. The number of rotatable bonds is 10. The van der Waals surface area contributed by atoms with E-state index in [-0.39, 0.29) is 44.3 Å². The first kappa shape index (κ1) is 23.7. The van der Waals surface area contributed by atoms with Crippen LogP contribution in [0.3, 0.4) is 0 Å². The minimum absolute atomic E-state index is 0.00616. The van der Waals surface area contributed by atoms with Gasteiger partial charge in [0.1, 0.15) is 0 Å². The molecule has 1 aromatic heterocycles. The summed E-state index contributed by atoms with van der Waals surface area (Å²) >= 11 is 0. The summed E-state index contributed by atoms with van der Waals surface area (Å²) in [4.78, 5) is 19.8. The molecule has 0 spiro atoms. The molecular weight excluding hydrogens is 449 g/mol. The molecule has 0 fully saturated rings. The largest absolute Gasteiger partial charge is 0.324 e. The summed E-state index contributed by atoms with van der Waals surface area (Å²) < 4.78 is 66.2. The van der Waals surface area contributed by atoms with Crippen molar-refractivity contribution in [2.45, 2.75) is 26.3 Å². The maximum atomic E-state index is 14.3. The van der Waals surface area contributed by atoms with Gasteiger partial charge in [-0.3, -0.25) is 9.69 Å². The van der Waals surface area contributed by atoms with Gasteiger partial charge in [0.05, 0.1) is 30.2 Å². The molecule has 1 aromatic carbocycles. The first-order valence-electron chi connectivity index (χ1n) is 9.81. The third-order valence-electron chi connectivity index (χ3n) is 4.87. The molecule has 0 bridgehead atoms. The van der Waals surface area contributed by atoms with Gasteiger partial charge in [-0.25, -0.2) is 22.1 Å². The number of alkyl halides is 2. The smallest absolute Gasteiger partial charge is 0.316 e. The van der Waals surface area contributed by atoms with E-state index in [9.17, 15) is 26.4 Å². The number of carbonyl (C=O) groups is 1. The van der Waals surface area contributed by atoms with Gasteiger partial charge in [0.25, 0.3) is 0 Å². The second-order valence-corrected chi connectivity index (χ2v) is 9.12. The Morgan fingerprint density at radius 1 is 1.28 bits per heavy atom. The quantitative estimate of drug-likeness (QED) is 0.512. The summed E-state index contributed by atoms with van der Waals surface area (Å²) in [5.74, 6) is -1.98. The van der Waals surface area contributed by atoms with Crippen molar-refractivity contribution >= 4 is 39.1 Å². The fourth-order valence-corrected chi connectivity index (χ4v) is 4.30. The lowest BCUT2D eigenvalue weighted by Crippen LogP contribution is -2.36. The first-order valence-corrected chi connectivity index (χ1v) is 11.7. The van der Waals surface area contributed by atoms with E-state index in [1.54, 1.807) is 25.1 Å². The van der Waals surface area contributed by atoms with Gasteiger partial charge in [0.2, 0.25) is 21.9 Å². The van der Waals surface area contributed by atoms with Crippen LogP contribution in [0.4, 0.5) is 36.3 Å². The Kier molecular flexibility index (Phi) is 7.19. The lowest BCUT2D eigenvalue weighted by molar-refractivity contribution is -0.115. The minimum atomic E-state index is -3.47. The minimum Gasteiger partial charge on any atom is -0.324 e. The molecule has 13 heteroatoms. The van der Waals surface area contributed by atoms with E-state index >= 15 is 0 Å². The average molecular weight is 472 g/mol. The van der Waals surface area contributed by atoms with Gasteiger partial charge in [-0.2, -0.15) is 13.8 Å². The van der Waals surface area contributed by atoms with Gasteiger partial charge in [-0.15, -0.1) is 0 Å². The summed E-state index contributed by atoms with van der Waals surface area (Å²) in [7, 11) is -3.47. The van der Waals surface area contributed by atoms with Gasteiger partial charge in [0.15, 0.2) is 11.6 Å². The second kappa shape index (κ2) is 9.69. The van der Waals surface area contributed by atoms with E-state index < -0.39 is 28.2 Å². The predicted molar refractivity (Wildman–Crippen MR) is 114 cm³/mol. The molecule has 3 rings (SSSR count). The topological polar surface area (TPSA) is 108 Å². The Labute approximate surface area is 183 Å². The highest BCUT2D eigenvalue weighted by Crippen LogP contribution is 2.33. The number of halogens is 3. The zero-order chi connectivity index (χ0) is 23.5. The van der Waals surface area contributed by atoms with E-state index in [0.717, 1.165) is 22.3 Å². The number of nitrogens with zero attached hydrogens (tertiary/aromatic N) is 4. The van der Waals surface area contributed by atoms with Crippen molar-refractivity contribution in [3.05, 3.63) is 35.8 Å². The van der Waals surface area contributed by atoms with Crippen LogP contribution in [0.15, 0.2) is 24.4 Å². The number of fused-ring (bicyclic) bond motifs is 1. The standard InChI is InChI=1S/C19H23F3N6O3S/c1-3-27(32(2,30)31)8-5-9-28(18(21)22)17-13(20)11-23-19(26-17)24-14-7-4-6-12-10-15(29)25-16(12)14/h4,6-7,11,18H,3,5,8-10H2,1-2H3,(H,25,29)(H,23,24,26). The van der Waals surface area contributed by atoms with Crippen LogP contribution in [0.2, 0.25) is 0 Å². The molecule has 9 nitrogen and oxygen atoms in total. The number of hydrogen-bond acceptors (Lipinski definition) is 7. The number of para-hydroxylation sites is 1. The van der Waals surface area contributed by atoms with Crippen molar-refractivity contribution in [1.29, 1.82) is 0 Å². The SMILES string of the molecule is CCN(CCCN(c1nc(Nc2cccc3c2NC(=O)C3)ncc1F)C(F)F)S(C)(=O)=O. The average Bonchev–Trinajstić information content (AvgIpc) is 3.10. The van der Waals surface area contributed by atoms with Crippen LogP contribution in [0, 0.1) is 5.82 Å². The predicted octanol–water partition coefficient (Wildman–Crippen LogP) is 2.55. The lowest BCUT2D eigenvalue weighted by Gasteiger charge is -2.25. The molecule has 1 aliphatic rings. The molecule has 1 amide bonds. The van der Waals surface area contributed by atoms with E-state index in [4.69, 9.17) is 0 Å². The van der Waals surface area contributed by atoms with Crippen LogP contribution in [0.1, 0.15) is 18.9 Å².